The predicted molar refractivity (Wildman–Crippen MR) is 112 cm³/mol. The number of rotatable bonds is 9. The Morgan fingerprint density at radius 3 is 2.80 bits per heavy atom. The summed E-state index contributed by atoms with van der Waals surface area (Å²) in [7, 11) is 0. The Bertz CT molecular complexity index is 1000. The molecule has 1 amide bonds. The predicted octanol–water partition coefficient (Wildman–Crippen LogP) is 1.21. The number of hydrogen-bond donors (Lipinski definition) is 5. The van der Waals surface area contributed by atoms with Gasteiger partial charge in [-0.25, -0.2) is 9.97 Å². The SMILES string of the molecule is Cc1cnc(N(CO)CCO)nc1-c1c[nH]c(C(=O)NCCc2ccccc2O)c1. The Morgan fingerprint density at radius 1 is 1.27 bits per heavy atom. The van der Waals surface area contributed by atoms with E-state index in [1.807, 2.05) is 19.1 Å². The van der Waals surface area contributed by atoms with E-state index in [-0.39, 0.29) is 31.5 Å². The van der Waals surface area contributed by atoms with Crippen LogP contribution >= 0.6 is 0 Å². The maximum Gasteiger partial charge on any atom is 0.267 e. The standard InChI is InChI=1S/C21H25N5O4/c1-14-11-24-21(26(13-28)8-9-27)25-19(14)16-10-17(23-12-16)20(30)22-7-6-15-4-2-3-5-18(15)29/h2-5,10-12,23,27-29H,6-9,13H2,1H3,(H,22,30). The maximum atomic E-state index is 12.4. The van der Waals surface area contributed by atoms with Crippen molar-refractivity contribution < 1.29 is 20.1 Å². The number of anilines is 1. The second-order valence-corrected chi connectivity index (χ2v) is 6.77. The quantitative estimate of drug-likeness (QED) is 0.334. The molecule has 9 heteroatoms. The molecule has 30 heavy (non-hydrogen) atoms. The molecule has 5 N–H and O–H groups in total. The second-order valence-electron chi connectivity index (χ2n) is 6.77. The van der Waals surface area contributed by atoms with Gasteiger partial charge in [0, 0.05) is 31.0 Å². The van der Waals surface area contributed by atoms with Crippen molar-refractivity contribution in [2.45, 2.75) is 13.3 Å². The molecule has 2 heterocycles. The number of phenolic OH excluding ortho intramolecular Hbond substituents is 1. The number of aromatic nitrogens is 3. The third kappa shape index (κ3) is 4.94. The summed E-state index contributed by atoms with van der Waals surface area (Å²) in [5, 5.41) is 31.2. The zero-order valence-electron chi connectivity index (χ0n) is 16.7. The van der Waals surface area contributed by atoms with Crippen LogP contribution in [-0.4, -0.2) is 62.6 Å². The number of nitrogens with one attached hydrogen (secondary N) is 2. The molecule has 0 aliphatic heterocycles. The number of aromatic amines is 1. The van der Waals surface area contributed by atoms with E-state index in [1.165, 1.54) is 4.90 Å². The Balaban J connectivity index is 1.69. The van der Waals surface area contributed by atoms with Gasteiger partial charge in [0.1, 0.15) is 18.2 Å². The number of phenols is 1. The number of para-hydroxylation sites is 1. The summed E-state index contributed by atoms with van der Waals surface area (Å²) in [5.74, 6) is 0.241. The Labute approximate surface area is 174 Å². The Kier molecular flexibility index (Phi) is 6.99. The van der Waals surface area contributed by atoms with Crippen molar-refractivity contribution in [1.29, 1.82) is 0 Å². The first-order valence-corrected chi connectivity index (χ1v) is 9.57. The van der Waals surface area contributed by atoms with Crippen molar-refractivity contribution in [3.63, 3.8) is 0 Å². The third-order valence-electron chi connectivity index (χ3n) is 4.66. The van der Waals surface area contributed by atoms with Crippen LogP contribution in [0.25, 0.3) is 11.3 Å². The van der Waals surface area contributed by atoms with E-state index in [9.17, 15) is 15.0 Å². The van der Waals surface area contributed by atoms with Crippen LogP contribution in [0.15, 0.2) is 42.7 Å². The van der Waals surface area contributed by atoms with Gasteiger partial charge >= 0.3 is 0 Å². The summed E-state index contributed by atoms with van der Waals surface area (Å²) >= 11 is 0. The fraction of sp³-hybridized carbons (Fsp3) is 0.286. The first-order chi connectivity index (χ1) is 14.5. The Morgan fingerprint density at radius 2 is 2.07 bits per heavy atom. The van der Waals surface area contributed by atoms with Gasteiger partial charge in [-0.05, 0) is 36.6 Å². The first kappa shape index (κ1) is 21.3. The molecule has 0 atom stereocenters. The monoisotopic (exact) mass is 411 g/mol. The summed E-state index contributed by atoms with van der Waals surface area (Å²) in [6.45, 7) is 1.99. The van der Waals surface area contributed by atoms with Crippen LogP contribution in [0.5, 0.6) is 5.75 Å². The number of benzene rings is 1. The van der Waals surface area contributed by atoms with Crippen LogP contribution in [0.3, 0.4) is 0 Å². The van der Waals surface area contributed by atoms with Gasteiger partial charge < -0.3 is 30.5 Å². The second kappa shape index (κ2) is 9.86. The summed E-state index contributed by atoms with van der Waals surface area (Å²) in [4.78, 5) is 25.5. The van der Waals surface area contributed by atoms with Gasteiger partial charge in [-0.3, -0.25) is 4.79 Å². The molecule has 158 valence electrons. The lowest BCUT2D eigenvalue weighted by atomic mass is 10.1. The number of hydrogen-bond acceptors (Lipinski definition) is 7. The Hall–Kier alpha value is -3.43. The smallest absolute Gasteiger partial charge is 0.267 e. The molecule has 0 aliphatic carbocycles. The van der Waals surface area contributed by atoms with E-state index in [2.05, 4.69) is 20.3 Å². The van der Waals surface area contributed by atoms with Crippen molar-refractivity contribution in [1.82, 2.24) is 20.3 Å². The van der Waals surface area contributed by atoms with Gasteiger partial charge in [-0.15, -0.1) is 0 Å². The number of H-pyrrole nitrogens is 1. The summed E-state index contributed by atoms with van der Waals surface area (Å²) in [5.41, 5.74) is 3.30. The summed E-state index contributed by atoms with van der Waals surface area (Å²) in [6, 6.07) is 8.72. The van der Waals surface area contributed by atoms with Crippen molar-refractivity contribution in [3.05, 3.63) is 59.5 Å². The van der Waals surface area contributed by atoms with Crippen molar-refractivity contribution in [2.75, 3.05) is 31.3 Å². The number of amides is 1. The van der Waals surface area contributed by atoms with Gasteiger partial charge in [-0.1, -0.05) is 18.2 Å². The topological polar surface area (TPSA) is 135 Å². The number of carbonyl (C=O) groups excluding carboxylic acids is 1. The van der Waals surface area contributed by atoms with Crippen LogP contribution in [-0.2, 0) is 6.42 Å². The largest absolute Gasteiger partial charge is 0.508 e. The number of carbonyl (C=O) groups is 1. The normalized spacial score (nSPS) is 10.8. The van der Waals surface area contributed by atoms with E-state index >= 15 is 0 Å². The summed E-state index contributed by atoms with van der Waals surface area (Å²) in [6.07, 6.45) is 3.84. The number of aromatic hydroxyl groups is 1. The fourth-order valence-corrected chi connectivity index (χ4v) is 3.02. The van der Waals surface area contributed by atoms with E-state index in [1.54, 1.807) is 30.6 Å². The lowest BCUT2D eigenvalue weighted by Crippen LogP contribution is -2.29. The lowest BCUT2D eigenvalue weighted by molar-refractivity contribution is 0.0949. The molecular formula is C21H25N5O4. The molecule has 0 spiro atoms. The zero-order chi connectivity index (χ0) is 21.5. The van der Waals surface area contributed by atoms with E-state index in [0.717, 1.165) is 11.1 Å². The van der Waals surface area contributed by atoms with E-state index in [0.29, 0.717) is 35.9 Å². The fourth-order valence-electron chi connectivity index (χ4n) is 3.02. The molecule has 9 nitrogen and oxygen atoms in total. The zero-order valence-corrected chi connectivity index (χ0v) is 16.7. The molecule has 0 radical (unpaired) electrons. The van der Waals surface area contributed by atoms with Crippen LogP contribution in [0.2, 0.25) is 0 Å². The lowest BCUT2D eigenvalue weighted by Gasteiger charge is -2.19. The van der Waals surface area contributed by atoms with Gasteiger partial charge in [0.15, 0.2) is 0 Å². The molecule has 1 aromatic carbocycles. The van der Waals surface area contributed by atoms with Gasteiger partial charge in [0.25, 0.3) is 5.91 Å². The number of aliphatic hydroxyl groups excluding tert-OH is 2. The van der Waals surface area contributed by atoms with Crippen LogP contribution < -0.4 is 10.2 Å². The summed E-state index contributed by atoms with van der Waals surface area (Å²) < 4.78 is 0. The minimum absolute atomic E-state index is 0.137. The minimum Gasteiger partial charge on any atom is -0.508 e. The molecule has 0 saturated heterocycles. The number of aliphatic hydroxyl groups is 2. The third-order valence-corrected chi connectivity index (χ3v) is 4.66. The number of aryl methyl sites for hydroxylation is 1. The van der Waals surface area contributed by atoms with Crippen molar-refractivity contribution in [3.8, 4) is 17.0 Å². The van der Waals surface area contributed by atoms with Crippen LogP contribution in [0, 0.1) is 6.92 Å². The van der Waals surface area contributed by atoms with E-state index < -0.39 is 0 Å². The molecular weight excluding hydrogens is 386 g/mol. The van der Waals surface area contributed by atoms with Crippen molar-refractivity contribution >= 4 is 11.9 Å². The van der Waals surface area contributed by atoms with Crippen LogP contribution in [0.4, 0.5) is 5.95 Å². The first-order valence-electron chi connectivity index (χ1n) is 9.57. The van der Waals surface area contributed by atoms with Gasteiger partial charge in [0.05, 0.1) is 12.3 Å². The van der Waals surface area contributed by atoms with Gasteiger partial charge in [-0.2, -0.15) is 0 Å². The molecule has 3 aromatic rings. The molecule has 0 saturated carbocycles. The molecule has 0 bridgehead atoms. The van der Waals surface area contributed by atoms with Crippen molar-refractivity contribution in [2.24, 2.45) is 0 Å². The van der Waals surface area contributed by atoms with E-state index in [4.69, 9.17) is 5.11 Å². The molecule has 2 aromatic heterocycles. The highest BCUT2D eigenvalue weighted by molar-refractivity contribution is 5.93. The molecule has 3 rings (SSSR count). The number of nitrogens with zero attached hydrogens (tertiary/aromatic N) is 3. The van der Waals surface area contributed by atoms with Gasteiger partial charge in [0.2, 0.25) is 5.95 Å². The highest BCUT2D eigenvalue weighted by atomic mass is 16.3. The maximum absolute atomic E-state index is 12.4. The molecule has 0 fully saturated rings. The minimum atomic E-state index is -0.319. The highest BCUT2D eigenvalue weighted by Crippen LogP contribution is 2.24. The average Bonchev–Trinajstić information content (AvgIpc) is 3.24. The molecule has 0 unspecified atom stereocenters. The van der Waals surface area contributed by atoms with Crippen LogP contribution in [0.1, 0.15) is 21.6 Å². The average molecular weight is 411 g/mol. The molecule has 0 aliphatic rings. The highest BCUT2D eigenvalue weighted by Gasteiger charge is 2.15.